The van der Waals surface area contributed by atoms with E-state index in [4.69, 9.17) is 4.42 Å². The van der Waals surface area contributed by atoms with E-state index in [0.717, 1.165) is 0 Å². The molecule has 1 fully saturated rings. The highest BCUT2D eigenvalue weighted by molar-refractivity contribution is 5.92. The SMILES string of the molecule is CC(=O)NC1CCN(C(=O)c2ccc(-c3ccccc3F)o2)CC1. The largest absolute Gasteiger partial charge is 0.451 e. The van der Waals surface area contributed by atoms with Crippen LogP contribution >= 0.6 is 0 Å². The summed E-state index contributed by atoms with van der Waals surface area (Å²) in [4.78, 5) is 25.3. The predicted molar refractivity (Wildman–Crippen MR) is 86.8 cm³/mol. The average Bonchev–Trinajstić information content (AvgIpc) is 3.04. The fraction of sp³-hybridized carbons (Fsp3) is 0.333. The van der Waals surface area contributed by atoms with Crippen molar-refractivity contribution in [2.75, 3.05) is 13.1 Å². The number of amides is 2. The molecular formula is C18H19FN2O3. The van der Waals surface area contributed by atoms with Crippen molar-refractivity contribution in [3.8, 4) is 11.3 Å². The van der Waals surface area contributed by atoms with Crippen LogP contribution in [-0.2, 0) is 4.79 Å². The second kappa shape index (κ2) is 6.86. The second-order valence-electron chi connectivity index (χ2n) is 5.91. The summed E-state index contributed by atoms with van der Waals surface area (Å²) in [6.45, 7) is 2.60. The van der Waals surface area contributed by atoms with Crippen LogP contribution in [-0.4, -0.2) is 35.8 Å². The van der Waals surface area contributed by atoms with Crippen LogP contribution in [0, 0.1) is 5.82 Å². The molecule has 1 N–H and O–H groups in total. The van der Waals surface area contributed by atoms with Crippen LogP contribution < -0.4 is 5.32 Å². The zero-order chi connectivity index (χ0) is 17.1. The molecule has 1 aliphatic heterocycles. The van der Waals surface area contributed by atoms with Crippen LogP contribution in [0.25, 0.3) is 11.3 Å². The maximum Gasteiger partial charge on any atom is 0.289 e. The van der Waals surface area contributed by atoms with Gasteiger partial charge in [-0.2, -0.15) is 0 Å². The Morgan fingerprint density at radius 1 is 1.17 bits per heavy atom. The molecule has 3 rings (SSSR count). The molecule has 126 valence electrons. The lowest BCUT2D eigenvalue weighted by Crippen LogP contribution is -2.46. The number of piperidine rings is 1. The Labute approximate surface area is 139 Å². The molecule has 0 aliphatic carbocycles. The van der Waals surface area contributed by atoms with Gasteiger partial charge in [0, 0.05) is 26.1 Å². The fourth-order valence-corrected chi connectivity index (χ4v) is 2.93. The van der Waals surface area contributed by atoms with Crippen molar-refractivity contribution >= 4 is 11.8 Å². The van der Waals surface area contributed by atoms with Gasteiger partial charge in [-0.15, -0.1) is 0 Å². The molecule has 2 heterocycles. The molecule has 0 bridgehead atoms. The van der Waals surface area contributed by atoms with Gasteiger partial charge in [0.15, 0.2) is 5.76 Å². The fourth-order valence-electron chi connectivity index (χ4n) is 2.93. The first-order valence-corrected chi connectivity index (χ1v) is 7.95. The Bertz CT molecular complexity index is 748. The summed E-state index contributed by atoms with van der Waals surface area (Å²) in [5, 5.41) is 2.87. The smallest absolute Gasteiger partial charge is 0.289 e. The number of carbonyl (C=O) groups is 2. The monoisotopic (exact) mass is 330 g/mol. The molecule has 0 atom stereocenters. The van der Waals surface area contributed by atoms with E-state index in [-0.39, 0.29) is 29.4 Å². The van der Waals surface area contributed by atoms with Gasteiger partial charge in [0.25, 0.3) is 5.91 Å². The first kappa shape index (κ1) is 16.2. The van der Waals surface area contributed by atoms with Gasteiger partial charge in [0.2, 0.25) is 5.91 Å². The normalized spacial score (nSPS) is 15.3. The number of carbonyl (C=O) groups excluding carboxylic acids is 2. The van der Waals surface area contributed by atoms with E-state index in [0.29, 0.717) is 37.3 Å². The number of nitrogens with zero attached hydrogens (tertiary/aromatic N) is 1. The van der Waals surface area contributed by atoms with Gasteiger partial charge < -0.3 is 14.6 Å². The number of likely N-dealkylation sites (tertiary alicyclic amines) is 1. The van der Waals surface area contributed by atoms with E-state index in [1.807, 2.05) is 0 Å². The van der Waals surface area contributed by atoms with Crippen molar-refractivity contribution in [2.45, 2.75) is 25.8 Å². The topological polar surface area (TPSA) is 62.6 Å². The van der Waals surface area contributed by atoms with E-state index < -0.39 is 0 Å². The van der Waals surface area contributed by atoms with Gasteiger partial charge in [-0.3, -0.25) is 9.59 Å². The molecule has 0 unspecified atom stereocenters. The molecule has 2 amide bonds. The van der Waals surface area contributed by atoms with Crippen LogP contribution in [0.2, 0.25) is 0 Å². The highest BCUT2D eigenvalue weighted by atomic mass is 19.1. The molecule has 24 heavy (non-hydrogen) atoms. The maximum atomic E-state index is 13.8. The lowest BCUT2D eigenvalue weighted by molar-refractivity contribution is -0.119. The number of halogens is 1. The average molecular weight is 330 g/mol. The number of rotatable bonds is 3. The number of hydrogen-bond donors (Lipinski definition) is 1. The molecule has 0 saturated carbocycles. The molecule has 6 heteroatoms. The highest BCUT2D eigenvalue weighted by Crippen LogP contribution is 2.26. The van der Waals surface area contributed by atoms with Gasteiger partial charge in [-0.1, -0.05) is 12.1 Å². The van der Waals surface area contributed by atoms with Crippen molar-refractivity contribution < 1.29 is 18.4 Å². The molecule has 1 aliphatic rings. The van der Waals surface area contributed by atoms with Crippen LogP contribution in [0.15, 0.2) is 40.8 Å². The van der Waals surface area contributed by atoms with E-state index in [1.54, 1.807) is 35.2 Å². The highest BCUT2D eigenvalue weighted by Gasteiger charge is 2.26. The summed E-state index contributed by atoms with van der Waals surface area (Å²) in [6, 6.07) is 9.58. The van der Waals surface area contributed by atoms with Gasteiger partial charge in [0.05, 0.1) is 5.56 Å². The van der Waals surface area contributed by atoms with E-state index in [1.165, 1.54) is 13.0 Å². The molecule has 1 aromatic carbocycles. The lowest BCUT2D eigenvalue weighted by atomic mass is 10.0. The van der Waals surface area contributed by atoms with Crippen molar-refractivity contribution in [3.63, 3.8) is 0 Å². The summed E-state index contributed by atoms with van der Waals surface area (Å²) >= 11 is 0. The zero-order valence-electron chi connectivity index (χ0n) is 13.4. The quantitative estimate of drug-likeness (QED) is 0.941. The Morgan fingerprint density at radius 2 is 1.88 bits per heavy atom. The Hall–Kier alpha value is -2.63. The minimum Gasteiger partial charge on any atom is -0.451 e. The van der Waals surface area contributed by atoms with Gasteiger partial charge in [0.1, 0.15) is 11.6 Å². The van der Waals surface area contributed by atoms with Crippen molar-refractivity contribution in [2.24, 2.45) is 0 Å². The maximum absolute atomic E-state index is 13.8. The van der Waals surface area contributed by atoms with Crippen molar-refractivity contribution in [1.29, 1.82) is 0 Å². The lowest BCUT2D eigenvalue weighted by Gasteiger charge is -2.31. The summed E-state index contributed by atoms with van der Waals surface area (Å²) in [6.07, 6.45) is 1.43. The van der Waals surface area contributed by atoms with Gasteiger partial charge in [-0.05, 0) is 37.1 Å². The molecule has 0 radical (unpaired) electrons. The number of furan rings is 1. The number of hydrogen-bond acceptors (Lipinski definition) is 3. The summed E-state index contributed by atoms with van der Waals surface area (Å²) in [7, 11) is 0. The summed E-state index contributed by atoms with van der Waals surface area (Å²) < 4.78 is 19.4. The van der Waals surface area contributed by atoms with Crippen LogP contribution in [0.5, 0.6) is 0 Å². The molecule has 0 spiro atoms. The van der Waals surface area contributed by atoms with E-state index in [9.17, 15) is 14.0 Å². The Kier molecular flexibility index (Phi) is 4.64. The van der Waals surface area contributed by atoms with Crippen LogP contribution in [0.1, 0.15) is 30.3 Å². The van der Waals surface area contributed by atoms with Crippen LogP contribution in [0.3, 0.4) is 0 Å². The standard InChI is InChI=1S/C18H19FN2O3/c1-12(22)20-13-8-10-21(11-9-13)18(23)17-7-6-16(24-17)14-4-2-3-5-15(14)19/h2-7,13H,8-11H2,1H3,(H,20,22). The molecular weight excluding hydrogens is 311 g/mol. The third-order valence-corrected chi connectivity index (χ3v) is 4.15. The molecule has 2 aromatic rings. The minimum atomic E-state index is -0.387. The first-order valence-electron chi connectivity index (χ1n) is 7.95. The van der Waals surface area contributed by atoms with Crippen molar-refractivity contribution in [3.05, 3.63) is 48.0 Å². The van der Waals surface area contributed by atoms with Crippen molar-refractivity contribution in [1.82, 2.24) is 10.2 Å². The first-order chi connectivity index (χ1) is 11.5. The molecule has 1 aromatic heterocycles. The zero-order valence-corrected chi connectivity index (χ0v) is 13.4. The van der Waals surface area contributed by atoms with Gasteiger partial charge >= 0.3 is 0 Å². The summed E-state index contributed by atoms with van der Waals surface area (Å²) in [5.41, 5.74) is 0.334. The second-order valence-corrected chi connectivity index (χ2v) is 5.91. The third-order valence-electron chi connectivity index (χ3n) is 4.15. The molecule has 1 saturated heterocycles. The minimum absolute atomic E-state index is 0.0552. The third kappa shape index (κ3) is 3.48. The van der Waals surface area contributed by atoms with Crippen LogP contribution in [0.4, 0.5) is 4.39 Å². The van der Waals surface area contributed by atoms with E-state index >= 15 is 0 Å². The molecule has 5 nitrogen and oxygen atoms in total. The number of nitrogens with one attached hydrogen (secondary N) is 1. The van der Waals surface area contributed by atoms with E-state index in [2.05, 4.69) is 5.32 Å². The predicted octanol–water partition coefficient (Wildman–Crippen LogP) is 2.83. The Morgan fingerprint density at radius 3 is 2.54 bits per heavy atom. The number of benzene rings is 1. The Balaban J connectivity index is 1.67. The van der Waals surface area contributed by atoms with Gasteiger partial charge in [-0.25, -0.2) is 4.39 Å². The summed E-state index contributed by atoms with van der Waals surface area (Å²) in [5.74, 6) is -0.114.